The quantitative estimate of drug-likeness (QED) is 0.773. The van der Waals surface area contributed by atoms with Crippen LogP contribution in [-0.2, 0) is 13.1 Å². The van der Waals surface area contributed by atoms with Crippen LogP contribution in [0.2, 0.25) is 0 Å². The van der Waals surface area contributed by atoms with Crippen LogP contribution in [0.4, 0.5) is 0 Å². The molecule has 0 aromatic carbocycles. The van der Waals surface area contributed by atoms with Crippen molar-refractivity contribution < 1.29 is 4.42 Å². The molecule has 2 rings (SSSR count). The molecule has 1 aromatic rings. The monoisotopic (exact) mass is 278 g/mol. The van der Waals surface area contributed by atoms with E-state index in [1.54, 1.807) is 0 Å². The lowest BCUT2D eigenvalue weighted by molar-refractivity contribution is 0.271. The van der Waals surface area contributed by atoms with E-state index in [1.165, 1.54) is 31.5 Å². The van der Waals surface area contributed by atoms with Gasteiger partial charge >= 0.3 is 0 Å². The van der Waals surface area contributed by atoms with Gasteiger partial charge in [0.2, 0.25) is 0 Å². The second-order valence-electron chi connectivity index (χ2n) is 6.50. The molecular formula is C17H30N2O. The van der Waals surface area contributed by atoms with Gasteiger partial charge in [0.15, 0.2) is 0 Å². The lowest BCUT2D eigenvalue weighted by Crippen LogP contribution is -2.21. The molecule has 20 heavy (non-hydrogen) atoms. The van der Waals surface area contributed by atoms with E-state index >= 15 is 0 Å². The Labute approximate surface area is 123 Å². The van der Waals surface area contributed by atoms with E-state index < -0.39 is 0 Å². The van der Waals surface area contributed by atoms with Crippen molar-refractivity contribution >= 4 is 0 Å². The standard InChI is InChI=1S/C17H30N2O/c1-5-7-18-10-16-9-17(20-14(16)4)12-19-8-6-15(11-19)13(2)3/h9,13,15,18H,5-8,10-12H2,1-4H3. The Morgan fingerprint density at radius 2 is 2.25 bits per heavy atom. The summed E-state index contributed by atoms with van der Waals surface area (Å²) in [5.74, 6) is 3.85. The summed E-state index contributed by atoms with van der Waals surface area (Å²) < 4.78 is 5.92. The predicted octanol–water partition coefficient (Wildman–Crippen LogP) is 3.57. The topological polar surface area (TPSA) is 28.4 Å². The summed E-state index contributed by atoms with van der Waals surface area (Å²) in [6.07, 6.45) is 2.51. The fourth-order valence-electron chi connectivity index (χ4n) is 3.01. The molecule has 3 heteroatoms. The summed E-state index contributed by atoms with van der Waals surface area (Å²) in [6.45, 7) is 14.3. The SMILES string of the molecule is CCCNCc1cc(CN2CCC(C(C)C)C2)oc1C. The maximum Gasteiger partial charge on any atom is 0.118 e. The number of likely N-dealkylation sites (tertiary alicyclic amines) is 1. The fourth-order valence-corrected chi connectivity index (χ4v) is 3.01. The number of hydrogen-bond donors (Lipinski definition) is 1. The van der Waals surface area contributed by atoms with Gasteiger partial charge in [-0.3, -0.25) is 4.90 Å². The first-order valence-electron chi connectivity index (χ1n) is 8.11. The zero-order valence-electron chi connectivity index (χ0n) is 13.5. The Morgan fingerprint density at radius 3 is 2.90 bits per heavy atom. The van der Waals surface area contributed by atoms with E-state index in [-0.39, 0.29) is 0 Å². The molecule has 0 bridgehead atoms. The minimum atomic E-state index is 0.798. The summed E-state index contributed by atoms with van der Waals surface area (Å²) in [6, 6.07) is 2.24. The zero-order valence-corrected chi connectivity index (χ0v) is 13.5. The molecule has 1 saturated heterocycles. The van der Waals surface area contributed by atoms with E-state index in [4.69, 9.17) is 4.42 Å². The van der Waals surface area contributed by atoms with Crippen molar-refractivity contribution in [3.63, 3.8) is 0 Å². The molecule has 1 fully saturated rings. The molecule has 0 saturated carbocycles. The minimum Gasteiger partial charge on any atom is -0.465 e. The third kappa shape index (κ3) is 4.10. The van der Waals surface area contributed by atoms with Crippen LogP contribution >= 0.6 is 0 Å². The second kappa shape index (κ2) is 7.28. The Balaban J connectivity index is 1.86. The fraction of sp³-hybridized carbons (Fsp3) is 0.765. The van der Waals surface area contributed by atoms with Crippen molar-refractivity contribution in [2.45, 2.75) is 53.6 Å². The van der Waals surface area contributed by atoms with E-state index in [2.05, 4.69) is 44.0 Å². The van der Waals surface area contributed by atoms with E-state index in [0.717, 1.165) is 43.0 Å². The molecule has 1 N–H and O–H groups in total. The smallest absolute Gasteiger partial charge is 0.118 e. The molecule has 3 nitrogen and oxygen atoms in total. The summed E-state index contributed by atoms with van der Waals surface area (Å²) in [5.41, 5.74) is 1.31. The first kappa shape index (κ1) is 15.6. The Kier molecular flexibility index (Phi) is 5.67. The maximum absolute atomic E-state index is 5.92. The van der Waals surface area contributed by atoms with Crippen molar-refractivity contribution in [2.75, 3.05) is 19.6 Å². The minimum absolute atomic E-state index is 0.798. The highest BCUT2D eigenvalue weighted by atomic mass is 16.3. The van der Waals surface area contributed by atoms with Crippen LogP contribution in [0, 0.1) is 18.8 Å². The third-order valence-corrected chi connectivity index (χ3v) is 4.44. The van der Waals surface area contributed by atoms with Crippen LogP contribution in [0.3, 0.4) is 0 Å². The van der Waals surface area contributed by atoms with Crippen LogP contribution in [0.5, 0.6) is 0 Å². The van der Waals surface area contributed by atoms with Crippen LogP contribution in [0.1, 0.15) is 50.7 Å². The molecule has 2 heterocycles. The molecule has 1 unspecified atom stereocenters. The van der Waals surface area contributed by atoms with E-state index in [0.29, 0.717) is 0 Å². The molecule has 114 valence electrons. The average Bonchev–Trinajstić information content (AvgIpc) is 2.98. The molecular weight excluding hydrogens is 248 g/mol. The Hall–Kier alpha value is -0.800. The van der Waals surface area contributed by atoms with Gasteiger partial charge in [-0.2, -0.15) is 0 Å². The lowest BCUT2D eigenvalue weighted by atomic mass is 9.95. The summed E-state index contributed by atoms with van der Waals surface area (Å²) in [7, 11) is 0. The first-order valence-corrected chi connectivity index (χ1v) is 8.11. The third-order valence-electron chi connectivity index (χ3n) is 4.44. The van der Waals surface area contributed by atoms with Gasteiger partial charge in [0.1, 0.15) is 11.5 Å². The highest BCUT2D eigenvalue weighted by molar-refractivity contribution is 5.20. The number of nitrogens with one attached hydrogen (secondary N) is 1. The van der Waals surface area contributed by atoms with E-state index in [9.17, 15) is 0 Å². The number of nitrogens with zero attached hydrogens (tertiary/aromatic N) is 1. The molecule has 1 aromatic heterocycles. The highest BCUT2D eigenvalue weighted by Gasteiger charge is 2.25. The maximum atomic E-state index is 5.92. The van der Waals surface area contributed by atoms with Gasteiger partial charge in [-0.25, -0.2) is 0 Å². The van der Waals surface area contributed by atoms with Gasteiger partial charge in [0, 0.05) is 18.7 Å². The summed E-state index contributed by atoms with van der Waals surface area (Å²) in [4.78, 5) is 2.53. The van der Waals surface area contributed by atoms with Gasteiger partial charge in [0.25, 0.3) is 0 Å². The molecule has 0 spiro atoms. The van der Waals surface area contributed by atoms with Gasteiger partial charge in [-0.15, -0.1) is 0 Å². The molecule has 1 aliphatic heterocycles. The highest BCUT2D eigenvalue weighted by Crippen LogP contribution is 2.26. The summed E-state index contributed by atoms with van der Waals surface area (Å²) >= 11 is 0. The van der Waals surface area contributed by atoms with Crippen LogP contribution in [0.15, 0.2) is 10.5 Å². The molecule has 1 aliphatic rings. The van der Waals surface area contributed by atoms with Gasteiger partial charge in [-0.1, -0.05) is 20.8 Å². The van der Waals surface area contributed by atoms with Crippen molar-refractivity contribution in [1.82, 2.24) is 10.2 Å². The first-order chi connectivity index (χ1) is 9.60. The zero-order chi connectivity index (χ0) is 14.5. The Bertz CT molecular complexity index is 411. The number of aryl methyl sites for hydroxylation is 1. The molecule has 0 aliphatic carbocycles. The number of hydrogen-bond acceptors (Lipinski definition) is 3. The van der Waals surface area contributed by atoms with Crippen LogP contribution < -0.4 is 5.32 Å². The largest absolute Gasteiger partial charge is 0.465 e. The van der Waals surface area contributed by atoms with Crippen LogP contribution in [-0.4, -0.2) is 24.5 Å². The van der Waals surface area contributed by atoms with Crippen LogP contribution in [0.25, 0.3) is 0 Å². The Morgan fingerprint density at radius 1 is 1.45 bits per heavy atom. The second-order valence-corrected chi connectivity index (χ2v) is 6.50. The van der Waals surface area contributed by atoms with Crippen molar-refractivity contribution in [1.29, 1.82) is 0 Å². The summed E-state index contributed by atoms with van der Waals surface area (Å²) in [5, 5.41) is 3.45. The predicted molar refractivity (Wildman–Crippen MR) is 83.7 cm³/mol. The van der Waals surface area contributed by atoms with Crippen molar-refractivity contribution in [3.05, 3.63) is 23.2 Å². The van der Waals surface area contributed by atoms with Gasteiger partial charge < -0.3 is 9.73 Å². The van der Waals surface area contributed by atoms with Crippen molar-refractivity contribution in [3.8, 4) is 0 Å². The van der Waals surface area contributed by atoms with Gasteiger partial charge in [0.05, 0.1) is 6.54 Å². The molecule has 0 amide bonds. The molecule has 1 atom stereocenters. The number of rotatable bonds is 7. The lowest BCUT2D eigenvalue weighted by Gasteiger charge is -2.16. The van der Waals surface area contributed by atoms with Gasteiger partial charge in [-0.05, 0) is 50.8 Å². The number of furan rings is 1. The van der Waals surface area contributed by atoms with E-state index in [1.807, 2.05) is 0 Å². The van der Waals surface area contributed by atoms with Crippen molar-refractivity contribution in [2.24, 2.45) is 11.8 Å². The molecule has 0 radical (unpaired) electrons. The normalized spacial score (nSPS) is 20.1. The average molecular weight is 278 g/mol.